The van der Waals surface area contributed by atoms with Gasteiger partial charge in [0.1, 0.15) is 12.4 Å². The van der Waals surface area contributed by atoms with Gasteiger partial charge in [-0.05, 0) is 37.1 Å². The maximum absolute atomic E-state index is 12.1. The number of anilines is 1. The molecule has 156 valence electrons. The molecule has 0 radical (unpaired) electrons. The first-order chi connectivity index (χ1) is 13.8. The molecule has 1 aromatic carbocycles. The van der Waals surface area contributed by atoms with Gasteiger partial charge in [0.05, 0.1) is 6.10 Å². The van der Waals surface area contributed by atoms with Crippen molar-refractivity contribution < 1.29 is 23.6 Å². The van der Waals surface area contributed by atoms with Crippen molar-refractivity contribution >= 4 is 17.5 Å². The number of aromatic nitrogens is 1. The zero-order valence-electron chi connectivity index (χ0n) is 17.0. The molecular weight excluding hydrogens is 374 g/mol. The zero-order chi connectivity index (χ0) is 20.9. The summed E-state index contributed by atoms with van der Waals surface area (Å²) in [6.45, 7) is 6.92. The fraction of sp³-hybridized carbons (Fsp3) is 0.476. The van der Waals surface area contributed by atoms with E-state index >= 15 is 0 Å². The van der Waals surface area contributed by atoms with Crippen LogP contribution in [0, 0.1) is 5.41 Å². The summed E-state index contributed by atoms with van der Waals surface area (Å²) in [5.74, 6) is 0.699. The molecule has 0 saturated carbocycles. The fourth-order valence-corrected chi connectivity index (χ4v) is 2.70. The monoisotopic (exact) mass is 401 g/mol. The third-order valence-electron chi connectivity index (χ3n) is 4.48. The first-order valence-corrected chi connectivity index (χ1v) is 9.71. The predicted molar refractivity (Wildman–Crippen MR) is 107 cm³/mol. The Hall–Kier alpha value is -2.87. The van der Waals surface area contributed by atoms with Crippen molar-refractivity contribution in [1.29, 1.82) is 0 Å². The van der Waals surface area contributed by atoms with E-state index in [0.717, 1.165) is 19.4 Å². The molecule has 2 aromatic rings. The van der Waals surface area contributed by atoms with Crippen LogP contribution in [0.15, 0.2) is 34.9 Å². The standard InChI is InChI=1S/C21H27N3O5/c1-21(2,3)20(26)23-14-6-8-15(9-7-14)28-13-17-11-18(24-29-17)19(25)22-12-16-5-4-10-27-16/h6-9,11,16H,4-5,10,12-13H2,1-3H3,(H,22,25)(H,23,26)/t16-/m0/s1. The fourth-order valence-electron chi connectivity index (χ4n) is 2.70. The third kappa shape index (κ3) is 6.05. The maximum atomic E-state index is 12.1. The van der Waals surface area contributed by atoms with Gasteiger partial charge in [-0.3, -0.25) is 9.59 Å². The number of hydrogen-bond donors (Lipinski definition) is 2. The highest BCUT2D eigenvalue weighted by Crippen LogP contribution is 2.20. The van der Waals surface area contributed by atoms with Crippen LogP contribution in [0.1, 0.15) is 49.9 Å². The van der Waals surface area contributed by atoms with E-state index in [4.69, 9.17) is 14.0 Å². The summed E-state index contributed by atoms with van der Waals surface area (Å²) in [5, 5.41) is 9.44. The largest absolute Gasteiger partial charge is 0.486 e. The first-order valence-electron chi connectivity index (χ1n) is 9.71. The van der Waals surface area contributed by atoms with Crippen molar-refractivity contribution in [2.24, 2.45) is 5.41 Å². The van der Waals surface area contributed by atoms with Gasteiger partial charge in [0.15, 0.2) is 11.5 Å². The quantitative estimate of drug-likeness (QED) is 0.739. The van der Waals surface area contributed by atoms with Gasteiger partial charge in [-0.15, -0.1) is 0 Å². The van der Waals surface area contributed by atoms with Crippen molar-refractivity contribution in [3.8, 4) is 5.75 Å². The number of amides is 2. The van der Waals surface area contributed by atoms with Crippen LogP contribution in [0.2, 0.25) is 0 Å². The van der Waals surface area contributed by atoms with Crippen molar-refractivity contribution in [3.63, 3.8) is 0 Å². The minimum absolute atomic E-state index is 0.0573. The number of nitrogens with zero attached hydrogens (tertiary/aromatic N) is 1. The lowest BCUT2D eigenvalue weighted by molar-refractivity contribution is -0.123. The molecule has 1 atom stereocenters. The average molecular weight is 401 g/mol. The Kier molecular flexibility index (Phi) is 6.53. The number of hydrogen-bond acceptors (Lipinski definition) is 6. The number of nitrogens with one attached hydrogen (secondary N) is 2. The van der Waals surface area contributed by atoms with Gasteiger partial charge in [-0.25, -0.2) is 0 Å². The summed E-state index contributed by atoms with van der Waals surface area (Å²) in [6, 6.07) is 8.60. The second-order valence-electron chi connectivity index (χ2n) is 8.04. The van der Waals surface area contributed by atoms with E-state index < -0.39 is 5.41 Å². The zero-order valence-corrected chi connectivity index (χ0v) is 17.0. The van der Waals surface area contributed by atoms with E-state index in [-0.39, 0.29) is 30.2 Å². The van der Waals surface area contributed by atoms with Gasteiger partial charge in [-0.1, -0.05) is 25.9 Å². The highest BCUT2D eigenvalue weighted by molar-refractivity contribution is 5.94. The topological polar surface area (TPSA) is 103 Å². The van der Waals surface area contributed by atoms with E-state index in [9.17, 15) is 9.59 Å². The van der Waals surface area contributed by atoms with Crippen LogP contribution in [-0.2, 0) is 16.1 Å². The first kappa shape index (κ1) is 20.9. The van der Waals surface area contributed by atoms with Crippen molar-refractivity contribution in [3.05, 3.63) is 41.8 Å². The molecule has 1 aliphatic heterocycles. The molecule has 2 amide bonds. The normalized spacial score (nSPS) is 16.4. The highest BCUT2D eigenvalue weighted by atomic mass is 16.5. The van der Waals surface area contributed by atoms with E-state index in [1.54, 1.807) is 30.3 Å². The summed E-state index contributed by atoms with van der Waals surface area (Å²) < 4.78 is 16.3. The molecule has 0 unspecified atom stereocenters. The van der Waals surface area contributed by atoms with Crippen LogP contribution in [0.4, 0.5) is 5.69 Å². The summed E-state index contributed by atoms with van der Waals surface area (Å²) >= 11 is 0. The highest BCUT2D eigenvalue weighted by Gasteiger charge is 2.21. The average Bonchev–Trinajstić information content (AvgIpc) is 3.37. The van der Waals surface area contributed by atoms with Crippen molar-refractivity contribution in [1.82, 2.24) is 10.5 Å². The summed E-state index contributed by atoms with van der Waals surface area (Å²) in [7, 11) is 0. The molecule has 3 rings (SSSR count). The van der Waals surface area contributed by atoms with Gasteiger partial charge >= 0.3 is 0 Å². The van der Waals surface area contributed by atoms with Crippen LogP contribution in [0.25, 0.3) is 0 Å². The van der Waals surface area contributed by atoms with Crippen LogP contribution < -0.4 is 15.4 Å². The molecule has 1 aliphatic rings. The molecule has 0 aliphatic carbocycles. The lowest BCUT2D eigenvalue weighted by Gasteiger charge is -2.17. The summed E-state index contributed by atoms with van der Waals surface area (Å²) in [4.78, 5) is 24.1. The molecule has 8 nitrogen and oxygen atoms in total. The van der Waals surface area contributed by atoms with E-state index in [1.165, 1.54) is 0 Å². The van der Waals surface area contributed by atoms with Crippen LogP contribution in [0.3, 0.4) is 0 Å². The lowest BCUT2D eigenvalue weighted by atomic mass is 9.95. The minimum atomic E-state index is -0.463. The SMILES string of the molecule is CC(C)(C)C(=O)Nc1ccc(OCc2cc(C(=O)NC[C@@H]3CCCO3)no2)cc1. The number of benzene rings is 1. The number of rotatable bonds is 7. The van der Waals surface area contributed by atoms with Crippen molar-refractivity contribution in [2.75, 3.05) is 18.5 Å². The number of ether oxygens (including phenoxy) is 2. The number of carbonyl (C=O) groups is 2. The Morgan fingerprint density at radius 1 is 1.24 bits per heavy atom. The maximum Gasteiger partial charge on any atom is 0.273 e. The number of carbonyl (C=O) groups excluding carboxylic acids is 2. The van der Waals surface area contributed by atoms with Gasteiger partial charge in [0.25, 0.3) is 5.91 Å². The van der Waals surface area contributed by atoms with Gasteiger partial charge in [0, 0.05) is 30.3 Å². The second kappa shape index (κ2) is 9.09. The molecular formula is C21H27N3O5. The van der Waals surface area contributed by atoms with E-state index in [0.29, 0.717) is 23.7 Å². The molecule has 1 saturated heterocycles. The molecule has 8 heteroatoms. The van der Waals surface area contributed by atoms with Crippen molar-refractivity contribution in [2.45, 2.75) is 46.3 Å². The lowest BCUT2D eigenvalue weighted by Crippen LogP contribution is -2.31. The van der Waals surface area contributed by atoms with Crippen LogP contribution in [0.5, 0.6) is 5.75 Å². The van der Waals surface area contributed by atoms with Gasteiger partial charge < -0.3 is 24.6 Å². The molecule has 2 heterocycles. The Labute approximate surface area is 169 Å². The Bertz CT molecular complexity index is 833. The minimum Gasteiger partial charge on any atom is -0.486 e. The molecule has 1 fully saturated rings. The molecule has 0 bridgehead atoms. The predicted octanol–water partition coefficient (Wildman–Crippen LogP) is 3.15. The Balaban J connectivity index is 1.46. The Morgan fingerprint density at radius 3 is 2.66 bits per heavy atom. The smallest absolute Gasteiger partial charge is 0.273 e. The second-order valence-corrected chi connectivity index (χ2v) is 8.04. The van der Waals surface area contributed by atoms with E-state index in [2.05, 4.69) is 15.8 Å². The molecule has 2 N–H and O–H groups in total. The molecule has 29 heavy (non-hydrogen) atoms. The Morgan fingerprint density at radius 2 is 2.00 bits per heavy atom. The molecule has 1 aromatic heterocycles. The summed E-state index contributed by atoms with van der Waals surface area (Å²) in [6.07, 6.45) is 2.05. The van der Waals surface area contributed by atoms with E-state index in [1.807, 2.05) is 20.8 Å². The van der Waals surface area contributed by atoms with Gasteiger partial charge in [-0.2, -0.15) is 0 Å². The summed E-state index contributed by atoms with van der Waals surface area (Å²) in [5.41, 5.74) is 0.444. The van der Waals surface area contributed by atoms with Crippen LogP contribution in [-0.4, -0.2) is 36.2 Å². The molecule has 0 spiro atoms. The van der Waals surface area contributed by atoms with Gasteiger partial charge in [0.2, 0.25) is 5.91 Å². The van der Waals surface area contributed by atoms with Crippen LogP contribution >= 0.6 is 0 Å². The third-order valence-corrected chi connectivity index (χ3v) is 4.48.